The van der Waals surface area contributed by atoms with E-state index in [4.69, 9.17) is 4.42 Å². The van der Waals surface area contributed by atoms with Gasteiger partial charge in [0, 0.05) is 0 Å². The molecule has 0 amide bonds. The summed E-state index contributed by atoms with van der Waals surface area (Å²) < 4.78 is 43.7. The number of anilines is 2. The normalized spacial score (nSPS) is 13.2. The minimum atomic E-state index is -4.45. The summed E-state index contributed by atoms with van der Waals surface area (Å²) in [6.45, 7) is 1.79. The zero-order valence-electron chi connectivity index (χ0n) is 10.8. The molecule has 20 heavy (non-hydrogen) atoms. The van der Waals surface area contributed by atoms with Gasteiger partial charge in [-0.25, -0.2) is 0 Å². The zero-order chi connectivity index (χ0) is 14.8. The Kier molecular flexibility index (Phi) is 3.93. The monoisotopic (exact) mass is 286 g/mol. The van der Waals surface area contributed by atoms with E-state index in [9.17, 15) is 13.2 Å². The Hall–Kier alpha value is -2.09. The summed E-state index contributed by atoms with van der Waals surface area (Å²) in [5, 5.41) is 12.8. The van der Waals surface area contributed by atoms with E-state index in [2.05, 4.69) is 20.8 Å². The SMILES string of the molecule is CNC(C)c1nnc(Nc2ccccc2C(F)(F)F)o1. The van der Waals surface area contributed by atoms with Crippen molar-refractivity contribution in [1.82, 2.24) is 15.5 Å². The lowest BCUT2D eigenvalue weighted by molar-refractivity contribution is -0.136. The van der Waals surface area contributed by atoms with Crippen LogP contribution in [-0.2, 0) is 6.18 Å². The first kappa shape index (κ1) is 14.3. The number of rotatable bonds is 4. The van der Waals surface area contributed by atoms with E-state index in [1.165, 1.54) is 18.2 Å². The fourth-order valence-corrected chi connectivity index (χ4v) is 1.54. The fourth-order valence-electron chi connectivity index (χ4n) is 1.54. The van der Waals surface area contributed by atoms with Crippen molar-refractivity contribution in [3.8, 4) is 0 Å². The van der Waals surface area contributed by atoms with E-state index in [1.54, 1.807) is 14.0 Å². The average molecular weight is 286 g/mol. The Morgan fingerprint density at radius 2 is 1.90 bits per heavy atom. The summed E-state index contributed by atoms with van der Waals surface area (Å²) >= 11 is 0. The van der Waals surface area contributed by atoms with E-state index in [0.29, 0.717) is 5.89 Å². The molecule has 0 saturated heterocycles. The third-order valence-electron chi connectivity index (χ3n) is 2.72. The standard InChI is InChI=1S/C12H13F3N4O/c1-7(16-2)10-18-19-11(20-10)17-9-6-4-3-5-8(9)12(13,14)15/h3-7,16H,1-2H3,(H,17,19). The van der Waals surface area contributed by atoms with E-state index in [1.807, 2.05) is 0 Å². The van der Waals surface area contributed by atoms with Gasteiger partial charge in [0.05, 0.1) is 17.3 Å². The van der Waals surface area contributed by atoms with Crippen LogP contribution < -0.4 is 10.6 Å². The number of nitrogens with one attached hydrogen (secondary N) is 2. The van der Waals surface area contributed by atoms with Crippen molar-refractivity contribution >= 4 is 11.7 Å². The van der Waals surface area contributed by atoms with Crippen molar-refractivity contribution in [1.29, 1.82) is 0 Å². The minimum absolute atomic E-state index is 0.0844. The topological polar surface area (TPSA) is 63.0 Å². The zero-order valence-corrected chi connectivity index (χ0v) is 10.8. The van der Waals surface area contributed by atoms with E-state index >= 15 is 0 Å². The first-order valence-corrected chi connectivity index (χ1v) is 5.85. The first-order chi connectivity index (χ1) is 9.41. The molecule has 1 heterocycles. The first-order valence-electron chi connectivity index (χ1n) is 5.85. The maximum Gasteiger partial charge on any atom is 0.418 e. The summed E-state index contributed by atoms with van der Waals surface area (Å²) in [4.78, 5) is 0. The number of benzene rings is 1. The molecule has 1 aromatic heterocycles. The summed E-state index contributed by atoms with van der Waals surface area (Å²) in [5.74, 6) is 0.291. The van der Waals surface area contributed by atoms with Gasteiger partial charge in [0.2, 0.25) is 5.89 Å². The number of hydrogen-bond donors (Lipinski definition) is 2. The van der Waals surface area contributed by atoms with Crippen LogP contribution in [0.2, 0.25) is 0 Å². The fraction of sp³-hybridized carbons (Fsp3) is 0.333. The van der Waals surface area contributed by atoms with Gasteiger partial charge in [-0.1, -0.05) is 17.2 Å². The van der Waals surface area contributed by atoms with Gasteiger partial charge in [-0.15, -0.1) is 5.10 Å². The Morgan fingerprint density at radius 3 is 2.55 bits per heavy atom. The predicted octanol–water partition coefficient (Wildman–Crippen LogP) is 3.11. The summed E-state index contributed by atoms with van der Waals surface area (Å²) in [6.07, 6.45) is -4.45. The third kappa shape index (κ3) is 3.08. The number of hydrogen-bond acceptors (Lipinski definition) is 5. The lowest BCUT2D eigenvalue weighted by atomic mass is 10.2. The molecule has 1 unspecified atom stereocenters. The van der Waals surface area contributed by atoms with Crippen LogP contribution in [0.4, 0.5) is 24.9 Å². The van der Waals surface area contributed by atoms with E-state index in [-0.39, 0.29) is 17.7 Å². The molecule has 0 aliphatic rings. The minimum Gasteiger partial charge on any atom is -0.406 e. The molecule has 8 heteroatoms. The number of halogens is 3. The van der Waals surface area contributed by atoms with Crippen LogP contribution >= 0.6 is 0 Å². The van der Waals surface area contributed by atoms with Crippen LogP contribution in [0.15, 0.2) is 28.7 Å². The molecule has 0 fully saturated rings. The summed E-state index contributed by atoms with van der Waals surface area (Å²) in [7, 11) is 1.71. The highest BCUT2D eigenvalue weighted by molar-refractivity contribution is 5.58. The molecule has 2 aromatic rings. The molecular weight excluding hydrogens is 273 g/mol. The summed E-state index contributed by atoms with van der Waals surface area (Å²) in [6, 6.07) is 4.82. The van der Waals surface area contributed by atoms with Gasteiger partial charge in [-0.05, 0) is 26.1 Å². The van der Waals surface area contributed by atoms with Gasteiger partial charge in [0.1, 0.15) is 0 Å². The van der Waals surface area contributed by atoms with Crippen molar-refractivity contribution in [2.24, 2.45) is 0 Å². The highest BCUT2D eigenvalue weighted by Gasteiger charge is 2.33. The number of aromatic nitrogens is 2. The lowest BCUT2D eigenvalue weighted by Crippen LogP contribution is -2.12. The van der Waals surface area contributed by atoms with Crippen molar-refractivity contribution in [2.75, 3.05) is 12.4 Å². The molecule has 0 radical (unpaired) electrons. The third-order valence-corrected chi connectivity index (χ3v) is 2.72. The second kappa shape index (κ2) is 5.49. The second-order valence-corrected chi connectivity index (χ2v) is 4.12. The van der Waals surface area contributed by atoms with Crippen LogP contribution in [0.5, 0.6) is 0 Å². The maximum atomic E-state index is 12.8. The van der Waals surface area contributed by atoms with Crippen LogP contribution in [0.25, 0.3) is 0 Å². The largest absolute Gasteiger partial charge is 0.418 e. The van der Waals surface area contributed by atoms with Crippen LogP contribution in [0, 0.1) is 0 Å². The Bertz CT molecular complexity index is 582. The molecule has 1 atom stereocenters. The van der Waals surface area contributed by atoms with Gasteiger partial charge in [-0.3, -0.25) is 0 Å². The quantitative estimate of drug-likeness (QED) is 0.904. The van der Waals surface area contributed by atoms with E-state index in [0.717, 1.165) is 6.07 Å². The number of alkyl halides is 3. The molecule has 2 N–H and O–H groups in total. The van der Waals surface area contributed by atoms with Gasteiger partial charge >= 0.3 is 12.2 Å². The van der Waals surface area contributed by atoms with Gasteiger partial charge in [0.15, 0.2) is 0 Å². The van der Waals surface area contributed by atoms with Crippen molar-refractivity contribution in [3.05, 3.63) is 35.7 Å². The molecular formula is C12H13F3N4O. The molecule has 0 spiro atoms. The summed E-state index contributed by atoms with van der Waals surface area (Å²) in [5.41, 5.74) is -0.922. The molecule has 108 valence electrons. The predicted molar refractivity (Wildman–Crippen MR) is 66.5 cm³/mol. The number of nitrogens with zero attached hydrogens (tertiary/aromatic N) is 2. The highest BCUT2D eigenvalue weighted by Crippen LogP contribution is 2.35. The van der Waals surface area contributed by atoms with Gasteiger partial charge < -0.3 is 15.1 Å². The van der Waals surface area contributed by atoms with Crippen molar-refractivity contribution in [3.63, 3.8) is 0 Å². The van der Waals surface area contributed by atoms with E-state index < -0.39 is 11.7 Å². The van der Waals surface area contributed by atoms with Crippen LogP contribution in [0.1, 0.15) is 24.4 Å². The van der Waals surface area contributed by atoms with Crippen molar-refractivity contribution in [2.45, 2.75) is 19.1 Å². The molecule has 1 aromatic carbocycles. The Morgan fingerprint density at radius 1 is 1.20 bits per heavy atom. The smallest absolute Gasteiger partial charge is 0.406 e. The molecule has 2 rings (SSSR count). The van der Waals surface area contributed by atoms with Crippen molar-refractivity contribution < 1.29 is 17.6 Å². The Balaban J connectivity index is 2.25. The molecule has 0 aliphatic heterocycles. The maximum absolute atomic E-state index is 12.8. The van der Waals surface area contributed by atoms with Gasteiger partial charge in [-0.2, -0.15) is 13.2 Å². The average Bonchev–Trinajstić information content (AvgIpc) is 2.86. The van der Waals surface area contributed by atoms with Gasteiger partial charge in [0.25, 0.3) is 0 Å². The highest BCUT2D eigenvalue weighted by atomic mass is 19.4. The van der Waals surface area contributed by atoms with Crippen LogP contribution in [0.3, 0.4) is 0 Å². The molecule has 0 aliphatic carbocycles. The Labute approximate surface area is 113 Å². The molecule has 0 saturated carbocycles. The second-order valence-electron chi connectivity index (χ2n) is 4.12. The molecule has 5 nitrogen and oxygen atoms in total. The van der Waals surface area contributed by atoms with Crippen LogP contribution in [-0.4, -0.2) is 17.2 Å². The lowest BCUT2D eigenvalue weighted by Gasteiger charge is -2.12. The molecule has 0 bridgehead atoms. The number of para-hydroxylation sites is 1.